The smallest absolute Gasteiger partial charge is 0.418 e. The highest BCUT2D eigenvalue weighted by atomic mass is 19.4. The van der Waals surface area contributed by atoms with Gasteiger partial charge in [-0.05, 0) is 55.3 Å². The van der Waals surface area contributed by atoms with Gasteiger partial charge in [0.05, 0.1) is 29.7 Å². The van der Waals surface area contributed by atoms with E-state index in [-0.39, 0.29) is 18.8 Å². The van der Waals surface area contributed by atoms with E-state index in [1.807, 2.05) is 44.2 Å². The third-order valence-corrected chi connectivity index (χ3v) is 6.58. The number of carbonyl (C=O) groups excluding carboxylic acids is 2. The van der Waals surface area contributed by atoms with Crippen LogP contribution in [0.2, 0.25) is 0 Å². The minimum atomic E-state index is -4.65. The number of aromatic nitrogens is 2. The largest absolute Gasteiger partial charge is 0.497 e. The molecule has 220 valence electrons. The van der Waals surface area contributed by atoms with Gasteiger partial charge in [0, 0.05) is 12.1 Å². The summed E-state index contributed by atoms with van der Waals surface area (Å²) in [6, 6.07) is 20.5. The SMILES string of the molecule is CCCCN(CC(=O)Nc1c(-c2ccccc2)c(C)nn1-c1ccc(OC)cc1)C(=O)Nc1ccccc1C(F)(F)F. The lowest BCUT2D eigenvalue weighted by atomic mass is 10.1. The number of nitrogens with one attached hydrogen (secondary N) is 2. The number of carbonyl (C=O) groups is 2. The molecule has 0 aliphatic rings. The van der Waals surface area contributed by atoms with Crippen LogP contribution >= 0.6 is 0 Å². The summed E-state index contributed by atoms with van der Waals surface area (Å²) >= 11 is 0. The Morgan fingerprint density at radius 1 is 0.952 bits per heavy atom. The minimum absolute atomic E-state index is 0.173. The van der Waals surface area contributed by atoms with E-state index in [0.29, 0.717) is 41.4 Å². The number of halogens is 3. The van der Waals surface area contributed by atoms with Gasteiger partial charge in [-0.2, -0.15) is 18.3 Å². The molecule has 1 aromatic heterocycles. The highest BCUT2D eigenvalue weighted by Gasteiger charge is 2.34. The highest BCUT2D eigenvalue weighted by molar-refractivity contribution is 5.99. The van der Waals surface area contributed by atoms with Crippen molar-refractivity contribution in [3.63, 3.8) is 0 Å². The van der Waals surface area contributed by atoms with Crippen molar-refractivity contribution in [2.45, 2.75) is 32.9 Å². The summed E-state index contributed by atoms with van der Waals surface area (Å²) in [6.45, 7) is 3.53. The molecule has 0 saturated heterocycles. The van der Waals surface area contributed by atoms with Crippen LogP contribution in [0.15, 0.2) is 78.9 Å². The van der Waals surface area contributed by atoms with Crippen LogP contribution in [0.1, 0.15) is 31.0 Å². The summed E-state index contributed by atoms with van der Waals surface area (Å²) in [4.78, 5) is 27.8. The van der Waals surface area contributed by atoms with Crippen molar-refractivity contribution in [2.75, 3.05) is 30.8 Å². The van der Waals surface area contributed by atoms with Crippen LogP contribution < -0.4 is 15.4 Å². The van der Waals surface area contributed by atoms with Gasteiger partial charge in [0.25, 0.3) is 0 Å². The summed E-state index contributed by atoms with van der Waals surface area (Å²) in [6.07, 6.45) is -3.38. The lowest BCUT2D eigenvalue weighted by Crippen LogP contribution is -2.41. The minimum Gasteiger partial charge on any atom is -0.497 e. The molecule has 0 radical (unpaired) electrons. The summed E-state index contributed by atoms with van der Waals surface area (Å²) in [5.41, 5.74) is 1.51. The molecule has 1 heterocycles. The van der Waals surface area contributed by atoms with Crippen molar-refractivity contribution in [3.8, 4) is 22.6 Å². The molecule has 42 heavy (non-hydrogen) atoms. The third kappa shape index (κ3) is 7.09. The third-order valence-electron chi connectivity index (χ3n) is 6.58. The number of amides is 3. The second kappa shape index (κ2) is 13.2. The number of alkyl halides is 3. The lowest BCUT2D eigenvalue weighted by Gasteiger charge is -2.24. The number of methoxy groups -OCH3 is 1. The summed E-state index contributed by atoms with van der Waals surface area (Å²) in [7, 11) is 1.56. The molecule has 0 aliphatic heterocycles. The average Bonchev–Trinajstić information content (AvgIpc) is 3.30. The van der Waals surface area contributed by atoms with Crippen molar-refractivity contribution in [3.05, 3.63) is 90.1 Å². The maximum absolute atomic E-state index is 13.5. The Morgan fingerprint density at radius 3 is 2.26 bits per heavy atom. The van der Waals surface area contributed by atoms with E-state index in [4.69, 9.17) is 4.74 Å². The number of urea groups is 1. The van der Waals surface area contributed by atoms with Gasteiger partial charge < -0.3 is 20.3 Å². The van der Waals surface area contributed by atoms with Crippen LogP contribution in [0.25, 0.3) is 16.8 Å². The molecule has 0 fully saturated rings. The molecule has 0 bridgehead atoms. The van der Waals surface area contributed by atoms with Crippen LogP contribution in [-0.2, 0) is 11.0 Å². The second-order valence-corrected chi connectivity index (χ2v) is 9.58. The Labute approximate surface area is 242 Å². The van der Waals surface area contributed by atoms with E-state index in [2.05, 4.69) is 15.7 Å². The predicted octanol–water partition coefficient (Wildman–Crippen LogP) is 7.15. The van der Waals surface area contributed by atoms with Crippen molar-refractivity contribution >= 4 is 23.4 Å². The highest BCUT2D eigenvalue weighted by Crippen LogP contribution is 2.35. The standard InChI is InChI=1S/C31H32F3N5O3/c1-4-5-19-38(30(41)35-26-14-10-9-13-25(26)31(32,33)34)20-27(40)36-29-28(22-11-7-6-8-12-22)21(2)37-39(29)23-15-17-24(42-3)18-16-23/h6-18H,4-5,19-20H2,1-3H3,(H,35,41)(H,36,40). The maximum Gasteiger partial charge on any atom is 0.418 e. The van der Waals surface area contributed by atoms with Gasteiger partial charge >= 0.3 is 12.2 Å². The van der Waals surface area contributed by atoms with Crippen LogP contribution in [0.5, 0.6) is 5.75 Å². The fraction of sp³-hybridized carbons (Fsp3) is 0.258. The zero-order valence-corrected chi connectivity index (χ0v) is 23.5. The van der Waals surface area contributed by atoms with E-state index >= 15 is 0 Å². The van der Waals surface area contributed by atoms with Gasteiger partial charge in [0.1, 0.15) is 18.1 Å². The number of ether oxygens (including phenoxy) is 1. The Bertz CT molecular complexity index is 1520. The number of rotatable bonds is 10. The zero-order valence-electron chi connectivity index (χ0n) is 23.5. The monoisotopic (exact) mass is 579 g/mol. The molecule has 11 heteroatoms. The molecule has 8 nitrogen and oxygen atoms in total. The van der Waals surface area contributed by atoms with Gasteiger partial charge in [-0.1, -0.05) is 55.8 Å². The van der Waals surface area contributed by atoms with Crippen LogP contribution in [0.4, 0.5) is 29.5 Å². The van der Waals surface area contributed by atoms with Crippen molar-refractivity contribution in [2.24, 2.45) is 0 Å². The van der Waals surface area contributed by atoms with E-state index in [9.17, 15) is 22.8 Å². The molecule has 0 saturated carbocycles. The van der Waals surface area contributed by atoms with Crippen LogP contribution in [0.3, 0.4) is 0 Å². The Balaban J connectivity index is 1.64. The summed E-state index contributed by atoms with van der Waals surface area (Å²) in [5, 5.41) is 9.94. The van der Waals surface area contributed by atoms with E-state index < -0.39 is 23.7 Å². The molecule has 4 rings (SSSR count). The molecule has 3 amide bonds. The first-order valence-corrected chi connectivity index (χ1v) is 13.4. The van der Waals surface area contributed by atoms with Gasteiger partial charge in [0.2, 0.25) is 5.91 Å². The van der Waals surface area contributed by atoms with E-state index in [1.54, 1.807) is 36.1 Å². The molecule has 0 unspecified atom stereocenters. The maximum atomic E-state index is 13.5. The first-order chi connectivity index (χ1) is 20.1. The van der Waals surface area contributed by atoms with E-state index in [0.717, 1.165) is 11.6 Å². The molecular weight excluding hydrogens is 547 g/mol. The number of nitrogens with zero attached hydrogens (tertiary/aromatic N) is 3. The summed E-state index contributed by atoms with van der Waals surface area (Å²) < 4.78 is 47.4. The number of unbranched alkanes of at least 4 members (excludes halogenated alkanes) is 1. The Morgan fingerprint density at radius 2 is 1.62 bits per heavy atom. The molecule has 4 aromatic rings. The first-order valence-electron chi connectivity index (χ1n) is 13.4. The molecule has 0 atom stereocenters. The number of benzene rings is 3. The quantitative estimate of drug-likeness (QED) is 0.209. The van der Waals surface area contributed by atoms with Gasteiger partial charge in [-0.3, -0.25) is 4.79 Å². The first kappa shape index (κ1) is 30.2. The Hall–Kier alpha value is -4.80. The molecular formula is C31H32F3N5O3. The number of anilines is 2. The van der Waals surface area contributed by atoms with E-state index in [1.165, 1.54) is 23.1 Å². The molecule has 0 aliphatic carbocycles. The number of hydrogen-bond acceptors (Lipinski definition) is 4. The molecule has 3 aromatic carbocycles. The normalized spacial score (nSPS) is 11.2. The van der Waals surface area contributed by atoms with Crippen molar-refractivity contribution < 1.29 is 27.5 Å². The Kier molecular flexibility index (Phi) is 9.51. The van der Waals surface area contributed by atoms with Crippen LogP contribution in [-0.4, -0.2) is 46.8 Å². The van der Waals surface area contributed by atoms with Gasteiger partial charge in [-0.25, -0.2) is 9.48 Å². The average molecular weight is 580 g/mol. The fourth-order valence-corrected chi connectivity index (χ4v) is 4.48. The second-order valence-electron chi connectivity index (χ2n) is 9.58. The molecule has 2 N–H and O–H groups in total. The number of hydrogen-bond donors (Lipinski definition) is 2. The van der Waals surface area contributed by atoms with Crippen molar-refractivity contribution in [1.82, 2.24) is 14.7 Å². The zero-order chi connectivity index (χ0) is 30.3. The summed E-state index contributed by atoms with van der Waals surface area (Å²) in [5.74, 6) is 0.519. The lowest BCUT2D eigenvalue weighted by molar-refractivity contribution is -0.137. The van der Waals surface area contributed by atoms with Gasteiger partial charge in [0.15, 0.2) is 0 Å². The van der Waals surface area contributed by atoms with Crippen LogP contribution in [0, 0.1) is 6.92 Å². The molecule has 0 spiro atoms. The predicted molar refractivity (Wildman–Crippen MR) is 156 cm³/mol. The van der Waals surface area contributed by atoms with Crippen molar-refractivity contribution in [1.29, 1.82) is 0 Å². The number of para-hydroxylation sites is 1. The fourth-order valence-electron chi connectivity index (χ4n) is 4.48. The number of aryl methyl sites for hydroxylation is 1. The topological polar surface area (TPSA) is 88.5 Å². The van der Waals surface area contributed by atoms with Gasteiger partial charge in [-0.15, -0.1) is 0 Å².